The molecule has 2 aliphatic rings. The van der Waals surface area contributed by atoms with Gasteiger partial charge < -0.3 is 14.5 Å². The lowest BCUT2D eigenvalue weighted by Crippen LogP contribution is -2.42. The van der Waals surface area contributed by atoms with Crippen LogP contribution in [0.1, 0.15) is 24.8 Å². The Balaban J connectivity index is 1.54. The molecule has 5 nitrogen and oxygen atoms in total. The Hall–Kier alpha value is -1.95. The van der Waals surface area contributed by atoms with Gasteiger partial charge in [0.25, 0.3) is 5.91 Å². The smallest absolute Gasteiger partial charge is 0.251 e. The van der Waals surface area contributed by atoms with Crippen LogP contribution < -0.4 is 0 Å². The van der Waals surface area contributed by atoms with Crippen molar-refractivity contribution in [2.45, 2.75) is 31.8 Å². The quantitative estimate of drug-likeness (QED) is 0.844. The highest BCUT2D eigenvalue weighted by Crippen LogP contribution is 2.16. The van der Waals surface area contributed by atoms with Gasteiger partial charge in [0, 0.05) is 32.8 Å². The van der Waals surface area contributed by atoms with Crippen LogP contribution in [0.15, 0.2) is 24.3 Å². The zero-order valence-corrected chi connectivity index (χ0v) is 13.7. The minimum Gasteiger partial charge on any atom is -0.368 e. The molecule has 0 aliphatic carbocycles. The number of carbonyl (C=O) groups excluding carboxylic acids is 2. The standard InChI is InChI=1S/C18H23FN2O3/c19-15-5-1-4-14(12-15)13-17(22)20-7-3-8-21(10-9-20)18(23)16-6-2-11-24-16/h1,4-5,12,16H,2-3,6-11,13H2/t16-/m0/s1. The molecule has 0 N–H and O–H groups in total. The molecule has 2 fully saturated rings. The molecule has 2 amide bonds. The molecular formula is C18H23FN2O3. The first-order chi connectivity index (χ1) is 11.6. The van der Waals surface area contributed by atoms with Gasteiger partial charge in [0.2, 0.25) is 5.91 Å². The Morgan fingerprint density at radius 2 is 1.92 bits per heavy atom. The van der Waals surface area contributed by atoms with Crippen molar-refractivity contribution >= 4 is 11.8 Å². The minimum atomic E-state index is -0.329. The number of nitrogens with zero attached hydrogens (tertiary/aromatic N) is 2. The van der Waals surface area contributed by atoms with Crippen LogP contribution in [0.5, 0.6) is 0 Å². The zero-order chi connectivity index (χ0) is 16.9. The van der Waals surface area contributed by atoms with Crippen LogP contribution >= 0.6 is 0 Å². The van der Waals surface area contributed by atoms with E-state index >= 15 is 0 Å². The fourth-order valence-corrected chi connectivity index (χ4v) is 3.30. The van der Waals surface area contributed by atoms with Gasteiger partial charge in [-0.15, -0.1) is 0 Å². The number of hydrogen-bond donors (Lipinski definition) is 0. The Morgan fingerprint density at radius 1 is 1.12 bits per heavy atom. The fraction of sp³-hybridized carbons (Fsp3) is 0.556. The number of halogens is 1. The molecule has 6 heteroatoms. The molecule has 1 atom stereocenters. The van der Waals surface area contributed by atoms with Crippen LogP contribution in [0.25, 0.3) is 0 Å². The number of carbonyl (C=O) groups is 2. The van der Waals surface area contributed by atoms with Gasteiger partial charge in [-0.3, -0.25) is 9.59 Å². The topological polar surface area (TPSA) is 49.9 Å². The highest BCUT2D eigenvalue weighted by molar-refractivity contribution is 5.82. The maximum absolute atomic E-state index is 13.2. The first-order valence-corrected chi connectivity index (χ1v) is 8.56. The number of hydrogen-bond acceptors (Lipinski definition) is 3. The van der Waals surface area contributed by atoms with Crippen molar-refractivity contribution < 1.29 is 18.7 Å². The summed E-state index contributed by atoms with van der Waals surface area (Å²) in [6, 6.07) is 6.13. The monoisotopic (exact) mass is 334 g/mol. The average molecular weight is 334 g/mol. The highest BCUT2D eigenvalue weighted by atomic mass is 19.1. The van der Waals surface area contributed by atoms with Crippen molar-refractivity contribution in [2.24, 2.45) is 0 Å². The highest BCUT2D eigenvalue weighted by Gasteiger charge is 2.30. The summed E-state index contributed by atoms with van der Waals surface area (Å²) < 4.78 is 18.7. The van der Waals surface area contributed by atoms with Crippen molar-refractivity contribution in [2.75, 3.05) is 32.8 Å². The second-order valence-corrected chi connectivity index (χ2v) is 6.37. The van der Waals surface area contributed by atoms with Crippen LogP contribution in [-0.2, 0) is 20.7 Å². The fourth-order valence-electron chi connectivity index (χ4n) is 3.30. The summed E-state index contributed by atoms with van der Waals surface area (Å²) in [6.07, 6.45) is 2.37. The Morgan fingerprint density at radius 3 is 2.67 bits per heavy atom. The van der Waals surface area contributed by atoms with Crippen molar-refractivity contribution in [1.82, 2.24) is 9.80 Å². The van der Waals surface area contributed by atoms with Gasteiger partial charge in [-0.25, -0.2) is 4.39 Å². The lowest BCUT2D eigenvalue weighted by atomic mass is 10.1. The lowest BCUT2D eigenvalue weighted by molar-refractivity contribution is -0.141. The zero-order valence-electron chi connectivity index (χ0n) is 13.7. The largest absolute Gasteiger partial charge is 0.368 e. The molecule has 2 heterocycles. The predicted molar refractivity (Wildman–Crippen MR) is 86.9 cm³/mol. The van der Waals surface area contributed by atoms with Crippen molar-refractivity contribution in [1.29, 1.82) is 0 Å². The molecule has 0 unspecified atom stereocenters. The molecule has 3 rings (SSSR count). The summed E-state index contributed by atoms with van der Waals surface area (Å²) in [5.41, 5.74) is 0.677. The second kappa shape index (κ2) is 7.75. The van der Waals surface area contributed by atoms with Crippen molar-refractivity contribution in [3.05, 3.63) is 35.6 Å². The van der Waals surface area contributed by atoms with Crippen LogP contribution in [0.4, 0.5) is 4.39 Å². The first-order valence-electron chi connectivity index (χ1n) is 8.56. The van der Waals surface area contributed by atoms with Crippen molar-refractivity contribution in [3.63, 3.8) is 0 Å². The SMILES string of the molecule is O=C(Cc1cccc(F)c1)N1CCCN(C(=O)[C@@H]2CCCO2)CC1. The van der Waals surface area contributed by atoms with Gasteiger partial charge >= 0.3 is 0 Å². The molecule has 24 heavy (non-hydrogen) atoms. The van der Waals surface area contributed by atoms with Crippen LogP contribution in [0, 0.1) is 5.82 Å². The summed E-state index contributed by atoms with van der Waals surface area (Å²) in [7, 11) is 0. The van der Waals surface area contributed by atoms with E-state index in [9.17, 15) is 14.0 Å². The van der Waals surface area contributed by atoms with E-state index in [-0.39, 0.29) is 30.2 Å². The number of ether oxygens (including phenoxy) is 1. The summed E-state index contributed by atoms with van der Waals surface area (Å²) in [4.78, 5) is 28.4. The predicted octanol–water partition coefficient (Wildman–Crippen LogP) is 1.61. The Kier molecular flexibility index (Phi) is 5.45. The van der Waals surface area contributed by atoms with Gasteiger partial charge in [-0.05, 0) is 37.0 Å². The van der Waals surface area contributed by atoms with Crippen molar-refractivity contribution in [3.8, 4) is 0 Å². The molecule has 0 radical (unpaired) electrons. The average Bonchev–Trinajstić information content (AvgIpc) is 2.98. The van der Waals surface area contributed by atoms with Gasteiger partial charge in [0.15, 0.2) is 0 Å². The molecule has 1 aromatic rings. The van der Waals surface area contributed by atoms with E-state index in [4.69, 9.17) is 4.74 Å². The van der Waals surface area contributed by atoms with Crippen LogP contribution in [0.3, 0.4) is 0 Å². The van der Waals surface area contributed by atoms with E-state index in [0.717, 1.165) is 19.3 Å². The van der Waals surface area contributed by atoms with E-state index in [1.807, 2.05) is 4.90 Å². The molecule has 130 valence electrons. The summed E-state index contributed by atoms with van der Waals surface area (Å²) in [6.45, 7) is 2.99. The third kappa shape index (κ3) is 4.12. The third-order valence-corrected chi connectivity index (χ3v) is 4.61. The summed E-state index contributed by atoms with van der Waals surface area (Å²) in [5, 5.41) is 0. The normalized spacial score (nSPS) is 21.6. The second-order valence-electron chi connectivity index (χ2n) is 6.37. The molecular weight excluding hydrogens is 311 g/mol. The lowest BCUT2D eigenvalue weighted by Gasteiger charge is -2.24. The van der Waals surface area contributed by atoms with E-state index in [0.29, 0.717) is 38.3 Å². The van der Waals surface area contributed by atoms with Gasteiger partial charge in [-0.1, -0.05) is 12.1 Å². The molecule has 0 aromatic heterocycles. The van der Waals surface area contributed by atoms with E-state index in [1.165, 1.54) is 12.1 Å². The van der Waals surface area contributed by atoms with Crippen LogP contribution in [-0.4, -0.2) is 60.5 Å². The van der Waals surface area contributed by atoms with Gasteiger partial charge in [0.1, 0.15) is 11.9 Å². The minimum absolute atomic E-state index is 0.0213. The van der Waals surface area contributed by atoms with Crippen LogP contribution in [0.2, 0.25) is 0 Å². The summed E-state index contributed by atoms with van der Waals surface area (Å²) >= 11 is 0. The molecule has 2 saturated heterocycles. The molecule has 0 saturated carbocycles. The third-order valence-electron chi connectivity index (χ3n) is 4.61. The number of amides is 2. The first kappa shape index (κ1) is 16.9. The van der Waals surface area contributed by atoms with E-state index < -0.39 is 0 Å². The Bertz CT molecular complexity index is 602. The number of rotatable bonds is 3. The van der Waals surface area contributed by atoms with Gasteiger partial charge in [0.05, 0.1) is 6.42 Å². The number of benzene rings is 1. The molecule has 0 bridgehead atoms. The molecule has 1 aromatic carbocycles. The summed E-state index contributed by atoms with van der Waals surface area (Å²) in [5.74, 6) is -0.302. The molecule has 0 spiro atoms. The van der Waals surface area contributed by atoms with E-state index in [2.05, 4.69) is 0 Å². The molecule has 2 aliphatic heterocycles. The maximum atomic E-state index is 13.2. The maximum Gasteiger partial charge on any atom is 0.251 e. The Labute approximate surface area is 141 Å². The van der Waals surface area contributed by atoms with Gasteiger partial charge in [-0.2, -0.15) is 0 Å². The van der Waals surface area contributed by atoms with E-state index in [1.54, 1.807) is 17.0 Å².